The Balaban J connectivity index is 1.55. The van der Waals surface area contributed by atoms with Gasteiger partial charge in [0.05, 0.1) is 0 Å². The Kier molecular flexibility index (Phi) is 4.73. The summed E-state index contributed by atoms with van der Waals surface area (Å²) in [6.45, 7) is 3.26. The van der Waals surface area contributed by atoms with Gasteiger partial charge in [0.25, 0.3) is 0 Å². The lowest BCUT2D eigenvalue weighted by atomic mass is 9.99. The second kappa shape index (κ2) is 6.73. The molecule has 3 rings (SSSR count). The van der Waals surface area contributed by atoms with Gasteiger partial charge in [-0.3, -0.25) is 4.90 Å². The van der Waals surface area contributed by atoms with Crippen molar-refractivity contribution in [2.75, 3.05) is 13.1 Å². The third-order valence-electron chi connectivity index (χ3n) is 4.26. The molecule has 1 aliphatic rings. The Bertz CT molecular complexity index is 594. The van der Waals surface area contributed by atoms with Crippen LogP contribution < -0.4 is 5.73 Å². The molecule has 1 unspecified atom stereocenters. The van der Waals surface area contributed by atoms with Gasteiger partial charge in [0.2, 0.25) is 0 Å². The standard InChI is InChI=1S/C18H21BrN2/c19-17-7-5-15(6-8-17)18(20)10-12-21-11-9-14-3-1-2-4-16(14)13-21/h1-8,18H,9-13,20H2. The number of hydrogen-bond donors (Lipinski definition) is 1. The zero-order valence-corrected chi connectivity index (χ0v) is 13.7. The molecule has 0 aromatic heterocycles. The fourth-order valence-electron chi connectivity index (χ4n) is 2.94. The van der Waals surface area contributed by atoms with Crippen LogP contribution in [0.3, 0.4) is 0 Å². The molecule has 0 aliphatic carbocycles. The van der Waals surface area contributed by atoms with E-state index in [4.69, 9.17) is 5.73 Å². The highest BCUT2D eigenvalue weighted by Gasteiger charge is 2.16. The van der Waals surface area contributed by atoms with E-state index in [0.717, 1.165) is 36.9 Å². The highest BCUT2D eigenvalue weighted by Crippen LogP contribution is 2.21. The van der Waals surface area contributed by atoms with E-state index in [2.05, 4.69) is 69.4 Å². The third-order valence-corrected chi connectivity index (χ3v) is 4.79. The van der Waals surface area contributed by atoms with Crippen LogP contribution in [0.1, 0.15) is 29.2 Å². The van der Waals surface area contributed by atoms with Gasteiger partial charge in [0, 0.05) is 30.1 Å². The zero-order valence-electron chi connectivity index (χ0n) is 12.1. The molecule has 0 spiro atoms. The Morgan fingerprint density at radius 1 is 1.05 bits per heavy atom. The Labute approximate surface area is 135 Å². The molecule has 0 radical (unpaired) electrons. The van der Waals surface area contributed by atoms with Crippen LogP contribution in [0.2, 0.25) is 0 Å². The van der Waals surface area contributed by atoms with Crippen molar-refractivity contribution in [3.63, 3.8) is 0 Å². The first kappa shape index (κ1) is 14.8. The van der Waals surface area contributed by atoms with Gasteiger partial charge in [-0.25, -0.2) is 0 Å². The minimum Gasteiger partial charge on any atom is -0.324 e. The topological polar surface area (TPSA) is 29.3 Å². The lowest BCUT2D eigenvalue weighted by molar-refractivity contribution is 0.244. The van der Waals surface area contributed by atoms with Crippen molar-refractivity contribution < 1.29 is 0 Å². The number of rotatable bonds is 4. The SMILES string of the molecule is NC(CCN1CCc2ccccc2C1)c1ccc(Br)cc1. The predicted molar refractivity (Wildman–Crippen MR) is 91.1 cm³/mol. The molecule has 0 fully saturated rings. The van der Waals surface area contributed by atoms with Crippen molar-refractivity contribution in [3.8, 4) is 0 Å². The number of benzene rings is 2. The lowest BCUT2D eigenvalue weighted by Gasteiger charge is -2.29. The van der Waals surface area contributed by atoms with Crippen LogP contribution in [0.4, 0.5) is 0 Å². The maximum Gasteiger partial charge on any atom is 0.0307 e. The summed E-state index contributed by atoms with van der Waals surface area (Å²) in [7, 11) is 0. The van der Waals surface area contributed by atoms with Crippen LogP contribution in [0.25, 0.3) is 0 Å². The van der Waals surface area contributed by atoms with Gasteiger partial charge >= 0.3 is 0 Å². The third kappa shape index (κ3) is 3.73. The maximum absolute atomic E-state index is 6.31. The van der Waals surface area contributed by atoms with Gasteiger partial charge in [-0.05, 0) is 41.7 Å². The number of nitrogens with zero attached hydrogens (tertiary/aromatic N) is 1. The molecule has 110 valence electrons. The molecule has 1 heterocycles. The molecule has 0 saturated carbocycles. The van der Waals surface area contributed by atoms with Gasteiger partial charge in [-0.15, -0.1) is 0 Å². The second-order valence-electron chi connectivity index (χ2n) is 5.74. The van der Waals surface area contributed by atoms with E-state index in [-0.39, 0.29) is 6.04 Å². The molecule has 0 saturated heterocycles. The van der Waals surface area contributed by atoms with E-state index in [1.54, 1.807) is 0 Å². The largest absolute Gasteiger partial charge is 0.324 e. The van der Waals surface area contributed by atoms with Crippen LogP contribution in [0.15, 0.2) is 53.0 Å². The van der Waals surface area contributed by atoms with Crippen LogP contribution in [0, 0.1) is 0 Å². The molecule has 2 nitrogen and oxygen atoms in total. The van der Waals surface area contributed by atoms with Crippen LogP contribution >= 0.6 is 15.9 Å². The van der Waals surface area contributed by atoms with Gasteiger partial charge in [0.15, 0.2) is 0 Å². The highest BCUT2D eigenvalue weighted by atomic mass is 79.9. The van der Waals surface area contributed by atoms with Crippen LogP contribution in [0.5, 0.6) is 0 Å². The molecular weight excluding hydrogens is 324 g/mol. The molecule has 1 atom stereocenters. The van der Waals surface area contributed by atoms with E-state index in [1.165, 1.54) is 16.7 Å². The first-order valence-electron chi connectivity index (χ1n) is 7.52. The molecule has 2 aromatic carbocycles. The average Bonchev–Trinajstić information content (AvgIpc) is 2.53. The first-order chi connectivity index (χ1) is 10.2. The summed E-state index contributed by atoms with van der Waals surface area (Å²) in [5.41, 5.74) is 10.5. The fourth-order valence-corrected chi connectivity index (χ4v) is 3.21. The minimum atomic E-state index is 0.121. The van der Waals surface area contributed by atoms with Crippen molar-refractivity contribution >= 4 is 15.9 Å². The molecular formula is C18H21BrN2. The quantitative estimate of drug-likeness (QED) is 0.911. The van der Waals surface area contributed by atoms with Crippen molar-refractivity contribution in [3.05, 3.63) is 69.7 Å². The van der Waals surface area contributed by atoms with Crippen molar-refractivity contribution in [1.82, 2.24) is 4.90 Å². The first-order valence-corrected chi connectivity index (χ1v) is 8.32. The monoisotopic (exact) mass is 344 g/mol. The van der Waals surface area contributed by atoms with E-state index in [1.807, 2.05) is 0 Å². The number of fused-ring (bicyclic) bond motifs is 1. The summed E-state index contributed by atoms with van der Waals surface area (Å²) in [4.78, 5) is 2.51. The molecule has 21 heavy (non-hydrogen) atoms. The zero-order chi connectivity index (χ0) is 14.7. The summed E-state index contributed by atoms with van der Waals surface area (Å²) < 4.78 is 1.10. The summed E-state index contributed by atoms with van der Waals surface area (Å²) in [6.07, 6.45) is 2.16. The normalized spacial score (nSPS) is 16.5. The highest BCUT2D eigenvalue weighted by molar-refractivity contribution is 9.10. The van der Waals surface area contributed by atoms with Gasteiger partial charge in [0.1, 0.15) is 0 Å². The maximum atomic E-state index is 6.31. The van der Waals surface area contributed by atoms with Gasteiger partial charge < -0.3 is 5.73 Å². The average molecular weight is 345 g/mol. The number of hydrogen-bond acceptors (Lipinski definition) is 2. The molecule has 0 bridgehead atoms. The van der Waals surface area contributed by atoms with Crippen molar-refractivity contribution in [2.24, 2.45) is 5.73 Å². The Morgan fingerprint density at radius 3 is 2.52 bits per heavy atom. The van der Waals surface area contributed by atoms with Gasteiger partial charge in [-0.1, -0.05) is 52.3 Å². The second-order valence-corrected chi connectivity index (χ2v) is 6.66. The minimum absolute atomic E-state index is 0.121. The van der Waals surface area contributed by atoms with E-state index in [0.29, 0.717) is 0 Å². The fraction of sp³-hybridized carbons (Fsp3) is 0.333. The summed E-state index contributed by atoms with van der Waals surface area (Å²) in [6, 6.07) is 17.2. The van der Waals surface area contributed by atoms with Crippen molar-refractivity contribution in [2.45, 2.75) is 25.4 Å². The number of halogens is 1. The Hall–Kier alpha value is -1.16. The van der Waals surface area contributed by atoms with E-state index >= 15 is 0 Å². The van der Waals surface area contributed by atoms with Crippen molar-refractivity contribution in [1.29, 1.82) is 0 Å². The summed E-state index contributed by atoms with van der Waals surface area (Å²) in [5.74, 6) is 0. The Morgan fingerprint density at radius 2 is 1.76 bits per heavy atom. The lowest BCUT2D eigenvalue weighted by Crippen LogP contribution is -2.32. The molecule has 1 aliphatic heterocycles. The van der Waals surface area contributed by atoms with Crippen LogP contribution in [-0.2, 0) is 13.0 Å². The molecule has 0 amide bonds. The number of nitrogens with two attached hydrogens (primary N) is 1. The smallest absolute Gasteiger partial charge is 0.0307 e. The molecule has 2 N–H and O–H groups in total. The summed E-state index contributed by atoms with van der Waals surface area (Å²) in [5, 5.41) is 0. The predicted octanol–water partition coefficient (Wildman–Crippen LogP) is 3.90. The van der Waals surface area contributed by atoms with E-state index in [9.17, 15) is 0 Å². The molecule has 2 aromatic rings. The van der Waals surface area contributed by atoms with Gasteiger partial charge in [-0.2, -0.15) is 0 Å². The van der Waals surface area contributed by atoms with E-state index < -0.39 is 0 Å². The molecule has 3 heteroatoms. The summed E-state index contributed by atoms with van der Waals surface area (Å²) >= 11 is 3.46. The van der Waals surface area contributed by atoms with Crippen LogP contribution in [-0.4, -0.2) is 18.0 Å².